The Kier molecular flexibility index (Phi) is 8.86. The van der Waals surface area contributed by atoms with Gasteiger partial charge in [-0.1, -0.05) is 13.0 Å². The molecule has 0 radical (unpaired) electrons. The van der Waals surface area contributed by atoms with Crippen molar-refractivity contribution in [3.05, 3.63) is 11.6 Å². The third-order valence-electron chi connectivity index (χ3n) is 2.35. The van der Waals surface area contributed by atoms with Gasteiger partial charge in [0, 0.05) is 25.8 Å². The molecule has 0 rings (SSSR count). The molecule has 0 unspecified atom stereocenters. The third kappa shape index (κ3) is 7.81. The number of methoxy groups -OCH3 is 1. The first-order valence-corrected chi connectivity index (χ1v) is 5.87. The van der Waals surface area contributed by atoms with Gasteiger partial charge in [-0.05, 0) is 13.5 Å². The number of aliphatic carboxylic acids is 1. The SMILES string of the molecule is CCC(=CCN(C)CC(=O)NCCOC)C(=O)O. The van der Waals surface area contributed by atoms with E-state index in [0.29, 0.717) is 31.7 Å². The number of likely N-dealkylation sites (N-methyl/N-ethyl adjacent to an activating group) is 1. The van der Waals surface area contributed by atoms with Gasteiger partial charge in [0.1, 0.15) is 0 Å². The highest BCUT2D eigenvalue weighted by Gasteiger charge is 2.07. The maximum Gasteiger partial charge on any atom is 0.331 e. The van der Waals surface area contributed by atoms with Gasteiger partial charge in [-0.15, -0.1) is 0 Å². The van der Waals surface area contributed by atoms with E-state index in [4.69, 9.17) is 9.84 Å². The molecule has 0 fully saturated rings. The molecule has 18 heavy (non-hydrogen) atoms. The van der Waals surface area contributed by atoms with Crippen LogP contribution in [0.5, 0.6) is 0 Å². The number of carbonyl (C=O) groups is 2. The molecular weight excluding hydrogens is 236 g/mol. The van der Waals surface area contributed by atoms with Crippen LogP contribution in [0, 0.1) is 0 Å². The van der Waals surface area contributed by atoms with Gasteiger partial charge in [0.05, 0.1) is 13.2 Å². The molecule has 6 heteroatoms. The fraction of sp³-hybridized carbons (Fsp3) is 0.667. The lowest BCUT2D eigenvalue weighted by molar-refractivity contribution is -0.132. The van der Waals surface area contributed by atoms with Gasteiger partial charge in [0.25, 0.3) is 0 Å². The summed E-state index contributed by atoms with van der Waals surface area (Å²) in [6.45, 7) is 3.42. The second kappa shape index (κ2) is 9.61. The number of carboxylic acids is 1. The quantitative estimate of drug-likeness (QED) is 0.453. The summed E-state index contributed by atoms with van der Waals surface area (Å²) in [5, 5.41) is 11.5. The Morgan fingerprint density at radius 1 is 1.44 bits per heavy atom. The number of nitrogens with zero attached hydrogens (tertiary/aromatic N) is 1. The van der Waals surface area contributed by atoms with Gasteiger partial charge in [-0.3, -0.25) is 9.69 Å². The molecule has 0 aromatic carbocycles. The second-order valence-electron chi connectivity index (χ2n) is 3.93. The summed E-state index contributed by atoms with van der Waals surface area (Å²) in [4.78, 5) is 23.9. The van der Waals surface area contributed by atoms with Crippen LogP contribution in [0.3, 0.4) is 0 Å². The number of hydrogen-bond acceptors (Lipinski definition) is 4. The molecule has 1 amide bonds. The van der Waals surface area contributed by atoms with Gasteiger partial charge in [0.15, 0.2) is 0 Å². The molecule has 0 aliphatic heterocycles. The Labute approximate surface area is 108 Å². The molecule has 6 nitrogen and oxygen atoms in total. The van der Waals surface area contributed by atoms with Crippen LogP contribution in [0.25, 0.3) is 0 Å². The van der Waals surface area contributed by atoms with Gasteiger partial charge in [-0.2, -0.15) is 0 Å². The van der Waals surface area contributed by atoms with Crippen LogP contribution in [0.15, 0.2) is 11.6 Å². The molecule has 0 bridgehead atoms. The number of hydrogen-bond donors (Lipinski definition) is 2. The van der Waals surface area contributed by atoms with Gasteiger partial charge in [0.2, 0.25) is 5.91 Å². The van der Waals surface area contributed by atoms with Gasteiger partial charge in [-0.25, -0.2) is 4.79 Å². The van der Waals surface area contributed by atoms with Crippen molar-refractivity contribution in [1.29, 1.82) is 0 Å². The number of ether oxygens (including phenoxy) is 1. The van der Waals surface area contributed by atoms with E-state index in [1.54, 1.807) is 32.1 Å². The monoisotopic (exact) mass is 258 g/mol. The molecule has 0 aliphatic rings. The van der Waals surface area contributed by atoms with Crippen LogP contribution in [0.1, 0.15) is 13.3 Å². The van der Waals surface area contributed by atoms with Crippen LogP contribution in [0.4, 0.5) is 0 Å². The Morgan fingerprint density at radius 3 is 2.61 bits per heavy atom. The number of amides is 1. The van der Waals surface area contributed by atoms with E-state index in [0.717, 1.165) is 0 Å². The Morgan fingerprint density at radius 2 is 2.11 bits per heavy atom. The standard InChI is InChI=1S/C12H22N2O4/c1-4-10(12(16)17)5-7-14(2)9-11(15)13-6-8-18-3/h5H,4,6-9H2,1-3H3,(H,13,15)(H,16,17). The van der Waals surface area contributed by atoms with Crippen molar-refractivity contribution in [2.45, 2.75) is 13.3 Å². The zero-order valence-corrected chi connectivity index (χ0v) is 11.2. The minimum absolute atomic E-state index is 0.101. The van der Waals surface area contributed by atoms with Crippen LogP contribution in [-0.4, -0.2) is 62.3 Å². The van der Waals surface area contributed by atoms with E-state index in [1.807, 2.05) is 0 Å². The smallest absolute Gasteiger partial charge is 0.331 e. The molecule has 0 atom stereocenters. The predicted molar refractivity (Wildman–Crippen MR) is 68.4 cm³/mol. The van der Waals surface area contributed by atoms with Crippen LogP contribution >= 0.6 is 0 Å². The first-order valence-electron chi connectivity index (χ1n) is 5.87. The highest BCUT2D eigenvalue weighted by atomic mass is 16.5. The molecule has 0 spiro atoms. The molecule has 0 aromatic rings. The second-order valence-corrected chi connectivity index (χ2v) is 3.93. The summed E-state index contributed by atoms with van der Waals surface area (Å²) in [5.74, 6) is -1.01. The number of carbonyl (C=O) groups excluding carboxylic acids is 1. The van der Waals surface area contributed by atoms with Crippen molar-refractivity contribution < 1.29 is 19.4 Å². The van der Waals surface area contributed by atoms with Crippen molar-refractivity contribution in [3.8, 4) is 0 Å². The number of carboxylic acid groups (broad SMARTS) is 1. The third-order valence-corrected chi connectivity index (χ3v) is 2.35. The summed E-state index contributed by atoms with van der Waals surface area (Å²) in [6.07, 6.45) is 2.11. The minimum Gasteiger partial charge on any atom is -0.478 e. The average Bonchev–Trinajstić information content (AvgIpc) is 2.29. The highest BCUT2D eigenvalue weighted by molar-refractivity contribution is 5.86. The van der Waals surface area contributed by atoms with Gasteiger partial charge < -0.3 is 15.2 Å². The maximum absolute atomic E-state index is 11.4. The Hall–Kier alpha value is -1.40. The Bertz CT molecular complexity index is 302. The maximum atomic E-state index is 11.4. The highest BCUT2D eigenvalue weighted by Crippen LogP contribution is 2.00. The molecule has 0 aromatic heterocycles. The topological polar surface area (TPSA) is 78.9 Å². The lowest BCUT2D eigenvalue weighted by Crippen LogP contribution is -2.36. The molecule has 0 heterocycles. The van der Waals surface area contributed by atoms with E-state index < -0.39 is 5.97 Å². The summed E-state index contributed by atoms with van der Waals surface area (Å²) < 4.78 is 4.81. The number of rotatable bonds is 9. The molecular formula is C12H22N2O4. The van der Waals surface area contributed by atoms with Crippen molar-refractivity contribution in [2.75, 3.05) is 40.4 Å². The van der Waals surface area contributed by atoms with Crippen LogP contribution < -0.4 is 5.32 Å². The fourth-order valence-electron chi connectivity index (χ4n) is 1.31. The molecule has 0 saturated heterocycles. The van der Waals surface area contributed by atoms with Crippen molar-refractivity contribution in [1.82, 2.24) is 10.2 Å². The summed E-state index contributed by atoms with van der Waals surface area (Å²) >= 11 is 0. The van der Waals surface area contributed by atoms with E-state index >= 15 is 0 Å². The summed E-state index contributed by atoms with van der Waals surface area (Å²) in [7, 11) is 3.34. The zero-order valence-electron chi connectivity index (χ0n) is 11.2. The van der Waals surface area contributed by atoms with E-state index in [-0.39, 0.29) is 12.5 Å². The van der Waals surface area contributed by atoms with Crippen LogP contribution in [-0.2, 0) is 14.3 Å². The average molecular weight is 258 g/mol. The van der Waals surface area contributed by atoms with Crippen LogP contribution in [0.2, 0.25) is 0 Å². The largest absolute Gasteiger partial charge is 0.478 e. The summed E-state index contributed by atoms with van der Waals surface area (Å²) in [5.41, 5.74) is 0.363. The van der Waals surface area contributed by atoms with Crippen molar-refractivity contribution in [3.63, 3.8) is 0 Å². The molecule has 0 aliphatic carbocycles. The molecule has 2 N–H and O–H groups in total. The first kappa shape index (κ1) is 16.6. The molecule has 104 valence electrons. The fourth-order valence-corrected chi connectivity index (χ4v) is 1.31. The zero-order chi connectivity index (χ0) is 14.0. The van der Waals surface area contributed by atoms with Crippen molar-refractivity contribution in [2.24, 2.45) is 0 Å². The predicted octanol–water partition coefficient (Wildman–Crippen LogP) is 0.102. The van der Waals surface area contributed by atoms with E-state index in [9.17, 15) is 9.59 Å². The van der Waals surface area contributed by atoms with Gasteiger partial charge >= 0.3 is 5.97 Å². The lowest BCUT2D eigenvalue weighted by Gasteiger charge is -2.14. The summed E-state index contributed by atoms with van der Waals surface area (Å²) in [6, 6.07) is 0. The molecule has 0 saturated carbocycles. The van der Waals surface area contributed by atoms with E-state index in [1.165, 1.54) is 0 Å². The lowest BCUT2D eigenvalue weighted by atomic mass is 10.2. The Balaban J connectivity index is 3.99. The van der Waals surface area contributed by atoms with Crippen molar-refractivity contribution >= 4 is 11.9 Å². The normalized spacial score (nSPS) is 11.7. The number of nitrogens with one attached hydrogen (secondary N) is 1. The first-order chi connectivity index (χ1) is 8.51. The van der Waals surface area contributed by atoms with E-state index in [2.05, 4.69) is 5.32 Å². The minimum atomic E-state index is -0.907.